The number of rotatable bonds is 5. The van der Waals surface area contributed by atoms with E-state index < -0.39 is 22.4 Å². The van der Waals surface area contributed by atoms with Crippen LogP contribution in [-0.2, 0) is 17.2 Å². The van der Waals surface area contributed by atoms with Crippen LogP contribution in [0.4, 0.5) is 11.8 Å². The number of anilines is 2. The molecule has 1 unspecified atom stereocenters. The van der Waals surface area contributed by atoms with E-state index in [1.165, 1.54) is 0 Å². The Balaban J connectivity index is 1.41. The number of fused-ring (bicyclic) bond motifs is 1. The molecule has 1 aliphatic carbocycles. The van der Waals surface area contributed by atoms with Crippen LogP contribution in [0.3, 0.4) is 0 Å². The van der Waals surface area contributed by atoms with Gasteiger partial charge in [0.15, 0.2) is 5.82 Å². The highest BCUT2D eigenvalue weighted by atomic mass is 32.2. The molecule has 1 saturated carbocycles. The van der Waals surface area contributed by atoms with E-state index >= 15 is 0 Å². The van der Waals surface area contributed by atoms with Crippen molar-refractivity contribution in [2.45, 2.75) is 55.6 Å². The second-order valence-electron chi connectivity index (χ2n) is 8.62. The summed E-state index contributed by atoms with van der Waals surface area (Å²) >= 11 is 0. The van der Waals surface area contributed by atoms with Crippen LogP contribution in [-0.4, -0.2) is 59.7 Å². The zero-order valence-corrected chi connectivity index (χ0v) is 18.9. The van der Waals surface area contributed by atoms with Crippen molar-refractivity contribution in [3.63, 3.8) is 0 Å². The van der Waals surface area contributed by atoms with Crippen molar-refractivity contribution in [2.24, 2.45) is 0 Å². The van der Waals surface area contributed by atoms with Crippen molar-refractivity contribution in [1.82, 2.24) is 19.9 Å². The van der Waals surface area contributed by atoms with Crippen LogP contribution in [0.25, 0.3) is 5.57 Å². The molecule has 0 amide bonds. The number of hydrogen-bond donors (Lipinski definition) is 2. The first-order valence-electron chi connectivity index (χ1n) is 11.0. The maximum absolute atomic E-state index is 12.7. The SMILES string of the molecule is C#Cc1cnc(C2=CCN(c3nc4c(c(NC5(C(C)O)CCC5)n3)[S@@](=O)CC4)CC2)nc1. The molecule has 32 heavy (non-hydrogen) atoms. The van der Waals surface area contributed by atoms with Crippen LogP contribution < -0.4 is 10.2 Å². The number of aliphatic hydroxyl groups excluding tert-OH is 1. The summed E-state index contributed by atoms with van der Waals surface area (Å²) in [6, 6.07) is 0. The van der Waals surface area contributed by atoms with Gasteiger partial charge in [-0.15, -0.1) is 6.42 Å². The van der Waals surface area contributed by atoms with Gasteiger partial charge < -0.3 is 15.3 Å². The van der Waals surface area contributed by atoms with E-state index in [1.807, 2.05) is 0 Å². The first-order chi connectivity index (χ1) is 15.5. The lowest BCUT2D eigenvalue weighted by molar-refractivity contribution is 0.0631. The largest absolute Gasteiger partial charge is 0.391 e. The molecule has 0 aromatic carbocycles. The highest BCUT2D eigenvalue weighted by molar-refractivity contribution is 7.85. The molecular formula is C23H26N6O2S. The lowest BCUT2D eigenvalue weighted by Gasteiger charge is -2.45. The van der Waals surface area contributed by atoms with E-state index in [0.29, 0.717) is 46.8 Å². The van der Waals surface area contributed by atoms with Gasteiger partial charge in [-0.2, -0.15) is 4.98 Å². The molecule has 2 aromatic heterocycles. The van der Waals surface area contributed by atoms with E-state index in [0.717, 1.165) is 43.5 Å². The fourth-order valence-electron chi connectivity index (χ4n) is 4.47. The molecule has 2 N–H and O–H groups in total. The van der Waals surface area contributed by atoms with E-state index in [1.54, 1.807) is 19.3 Å². The third-order valence-electron chi connectivity index (χ3n) is 6.69. The Morgan fingerprint density at radius 3 is 2.66 bits per heavy atom. The summed E-state index contributed by atoms with van der Waals surface area (Å²) in [5.41, 5.74) is 2.19. The predicted octanol–water partition coefficient (Wildman–Crippen LogP) is 1.92. The molecule has 166 valence electrons. The molecule has 4 heterocycles. The second kappa shape index (κ2) is 8.26. The zero-order chi connectivity index (χ0) is 22.3. The number of aliphatic hydroxyl groups is 1. The molecule has 0 spiro atoms. The third kappa shape index (κ3) is 3.67. The number of terminal acetylenes is 1. The number of aromatic nitrogens is 4. The Kier molecular flexibility index (Phi) is 5.43. The summed E-state index contributed by atoms with van der Waals surface area (Å²) in [4.78, 5) is 21.1. The van der Waals surface area contributed by atoms with Gasteiger partial charge in [0.25, 0.3) is 0 Å². The number of hydrogen-bond acceptors (Lipinski definition) is 8. The highest BCUT2D eigenvalue weighted by Gasteiger charge is 2.43. The maximum Gasteiger partial charge on any atom is 0.227 e. The molecule has 3 aliphatic rings. The summed E-state index contributed by atoms with van der Waals surface area (Å²) in [7, 11) is -1.11. The lowest BCUT2D eigenvalue weighted by Crippen LogP contribution is -2.53. The van der Waals surface area contributed by atoms with Crippen molar-refractivity contribution in [3.8, 4) is 12.3 Å². The van der Waals surface area contributed by atoms with Gasteiger partial charge >= 0.3 is 0 Å². The first-order valence-corrected chi connectivity index (χ1v) is 12.3. The van der Waals surface area contributed by atoms with Gasteiger partial charge in [0.2, 0.25) is 5.95 Å². The molecule has 1 fully saturated rings. The minimum atomic E-state index is -1.11. The van der Waals surface area contributed by atoms with Crippen molar-refractivity contribution in [2.75, 3.05) is 29.1 Å². The van der Waals surface area contributed by atoms with E-state index in [-0.39, 0.29) is 0 Å². The van der Waals surface area contributed by atoms with Crippen molar-refractivity contribution < 1.29 is 9.32 Å². The van der Waals surface area contributed by atoms with Crippen LogP contribution in [0.1, 0.15) is 49.7 Å². The summed E-state index contributed by atoms with van der Waals surface area (Å²) < 4.78 is 12.7. The molecule has 9 heteroatoms. The van der Waals surface area contributed by atoms with Crippen LogP contribution in [0.5, 0.6) is 0 Å². The first kappa shape index (κ1) is 21.0. The van der Waals surface area contributed by atoms with Crippen LogP contribution in [0.15, 0.2) is 23.4 Å². The standard InChI is InChI=1S/C23H26N6O2S/c1-3-16-13-24-20(25-14-16)17-5-10-29(11-6-17)22-26-18-7-12-32(31)19(18)21(27-22)28-23(15(2)30)8-4-9-23/h1,5,13-15,30H,4,6-12H2,2H3,(H,26,27,28)/t15?,32-/m0/s1. The van der Waals surface area contributed by atoms with Crippen LogP contribution >= 0.6 is 0 Å². The van der Waals surface area contributed by atoms with E-state index in [2.05, 4.69) is 32.2 Å². The smallest absolute Gasteiger partial charge is 0.227 e. The molecular weight excluding hydrogens is 424 g/mol. The van der Waals surface area contributed by atoms with Gasteiger partial charge in [0.05, 0.1) is 33.7 Å². The average molecular weight is 451 g/mol. The Morgan fingerprint density at radius 1 is 1.28 bits per heavy atom. The molecule has 0 radical (unpaired) electrons. The third-order valence-corrected chi connectivity index (χ3v) is 8.15. The quantitative estimate of drug-likeness (QED) is 0.666. The van der Waals surface area contributed by atoms with Gasteiger partial charge in [-0.1, -0.05) is 12.0 Å². The van der Waals surface area contributed by atoms with Crippen molar-refractivity contribution in [1.29, 1.82) is 0 Å². The number of nitrogens with one attached hydrogen (secondary N) is 1. The highest BCUT2D eigenvalue weighted by Crippen LogP contribution is 2.40. The van der Waals surface area contributed by atoms with Gasteiger partial charge in [-0.05, 0) is 38.2 Å². The topological polar surface area (TPSA) is 104 Å². The van der Waals surface area contributed by atoms with Gasteiger partial charge in [-0.3, -0.25) is 4.21 Å². The molecule has 2 aromatic rings. The minimum Gasteiger partial charge on any atom is -0.391 e. The second-order valence-corrected chi connectivity index (χ2v) is 10.1. The van der Waals surface area contributed by atoms with Crippen LogP contribution in [0, 0.1) is 12.3 Å². The molecule has 0 bridgehead atoms. The molecule has 0 saturated heterocycles. The predicted molar refractivity (Wildman–Crippen MR) is 124 cm³/mol. The fraction of sp³-hybridized carbons (Fsp3) is 0.478. The van der Waals surface area contributed by atoms with Gasteiger partial charge in [0.1, 0.15) is 10.7 Å². The fourth-order valence-corrected chi connectivity index (χ4v) is 5.78. The monoisotopic (exact) mass is 450 g/mol. The van der Waals surface area contributed by atoms with Crippen LogP contribution in [0.2, 0.25) is 0 Å². The normalized spacial score (nSPS) is 22.3. The van der Waals surface area contributed by atoms with Crippen molar-refractivity contribution in [3.05, 3.63) is 35.6 Å². The van der Waals surface area contributed by atoms with E-state index in [9.17, 15) is 9.32 Å². The average Bonchev–Trinajstić information content (AvgIpc) is 3.17. The Morgan fingerprint density at radius 2 is 2.06 bits per heavy atom. The minimum absolute atomic E-state index is 0.400. The van der Waals surface area contributed by atoms with E-state index in [4.69, 9.17) is 16.4 Å². The van der Waals surface area contributed by atoms with Crippen molar-refractivity contribution >= 4 is 28.1 Å². The Labute approximate surface area is 190 Å². The molecule has 8 nitrogen and oxygen atoms in total. The molecule has 2 aliphatic heterocycles. The number of aryl methyl sites for hydroxylation is 1. The molecule has 2 atom stereocenters. The summed E-state index contributed by atoms with van der Waals surface area (Å²) in [5.74, 6) is 5.04. The molecule has 5 rings (SSSR count). The number of nitrogens with zero attached hydrogens (tertiary/aromatic N) is 5. The Bertz CT molecular complexity index is 1130. The summed E-state index contributed by atoms with van der Waals surface area (Å²) in [6.07, 6.45) is 14.5. The summed E-state index contributed by atoms with van der Waals surface area (Å²) in [6.45, 7) is 3.17. The lowest BCUT2D eigenvalue weighted by atomic mass is 9.73. The Hall–Kier alpha value is -2.83. The van der Waals surface area contributed by atoms with Gasteiger partial charge in [0, 0.05) is 37.7 Å². The summed E-state index contributed by atoms with van der Waals surface area (Å²) in [5, 5.41) is 13.8. The van der Waals surface area contributed by atoms with Gasteiger partial charge in [-0.25, -0.2) is 15.0 Å². The maximum atomic E-state index is 12.7. The zero-order valence-electron chi connectivity index (χ0n) is 18.0.